The lowest BCUT2D eigenvalue weighted by Gasteiger charge is -2.08. The summed E-state index contributed by atoms with van der Waals surface area (Å²) in [5.74, 6) is 1.11. The Bertz CT molecular complexity index is 359. The van der Waals surface area contributed by atoms with Gasteiger partial charge in [0.15, 0.2) is 0 Å². The molecule has 0 aliphatic carbocycles. The summed E-state index contributed by atoms with van der Waals surface area (Å²) in [6, 6.07) is 0. The average Bonchev–Trinajstić information content (AvgIpc) is 2.46. The van der Waals surface area contributed by atoms with Crippen LogP contribution in [0.15, 0.2) is 0 Å². The van der Waals surface area contributed by atoms with E-state index in [0.29, 0.717) is 11.9 Å². The van der Waals surface area contributed by atoms with Crippen molar-refractivity contribution in [2.24, 2.45) is 0 Å². The van der Waals surface area contributed by atoms with Crippen molar-refractivity contribution in [1.82, 2.24) is 15.0 Å². The molecule has 21 heavy (non-hydrogen) atoms. The third-order valence-corrected chi connectivity index (χ3v) is 2.89. The van der Waals surface area contributed by atoms with Gasteiger partial charge in [0.1, 0.15) is 0 Å². The first-order chi connectivity index (χ1) is 10.3. The van der Waals surface area contributed by atoms with Crippen LogP contribution in [0.2, 0.25) is 0 Å². The van der Waals surface area contributed by atoms with Crippen LogP contribution in [-0.4, -0.2) is 51.5 Å². The zero-order valence-electron chi connectivity index (χ0n) is 12.4. The molecule has 0 aliphatic heterocycles. The molecule has 120 valence electrons. The first kappa shape index (κ1) is 17.4. The lowest BCUT2D eigenvalue weighted by Crippen LogP contribution is -2.12. The molecule has 0 bridgehead atoms. The monoisotopic (exact) mass is 298 g/mol. The molecule has 0 unspecified atom stereocenters. The number of unbranched alkanes of at least 4 members (excludes halogenated alkanes) is 4. The number of nitrogens with zero attached hydrogens (tertiary/aromatic N) is 3. The molecule has 1 aromatic rings. The smallest absolute Gasteiger partial charge is 0.229 e. The van der Waals surface area contributed by atoms with E-state index in [1.807, 2.05) is 0 Å². The molecule has 1 heterocycles. The molecule has 1 aromatic heterocycles. The molecule has 0 amide bonds. The van der Waals surface area contributed by atoms with Crippen LogP contribution < -0.4 is 16.4 Å². The lowest BCUT2D eigenvalue weighted by atomic mass is 10.2. The molecule has 0 spiro atoms. The SMILES string of the molecule is Nc1nc(NCCCCCO)nc(NCCCCCO)n1. The van der Waals surface area contributed by atoms with Gasteiger partial charge in [-0.05, 0) is 38.5 Å². The fraction of sp³-hybridized carbons (Fsp3) is 0.769. The molecular formula is C13H26N6O2. The van der Waals surface area contributed by atoms with E-state index in [9.17, 15) is 0 Å². The number of nitrogen functional groups attached to an aromatic ring is 1. The number of anilines is 3. The van der Waals surface area contributed by atoms with E-state index in [1.54, 1.807) is 0 Å². The van der Waals surface area contributed by atoms with E-state index in [1.165, 1.54) is 0 Å². The molecule has 0 saturated heterocycles. The van der Waals surface area contributed by atoms with Crippen LogP contribution in [0.3, 0.4) is 0 Å². The van der Waals surface area contributed by atoms with Gasteiger partial charge in [0.05, 0.1) is 0 Å². The topological polar surface area (TPSA) is 129 Å². The molecule has 1 rings (SSSR count). The summed E-state index contributed by atoms with van der Waals surface area (Å²) in [6.07, 6.45) is 5.41. The molecule has 0 aromatic carbocycles. The summed E-state index contributed by atoms with van der Waals surface area (Å²) >= 11 is 0. The molecule has 0 radical (unpaired) electrons. The highest BCUT2D eigenvalue weighted by Gasteiger charge is 2.03. The summed E-state index contributed by atoms with van der Waals surface area (Å²) in [7, 11) is 0. The van der Waals surface area contributed by atoms with Crippen LogP contribution in [0.5, 0.6) is 0 Å². The normalized spacial score (nSPS) is 10.6. The third kappa shape index (κ3) is 8.26. The van der Waals surface area contributed by atoms with E-state index in [0.717, 1.165) is 51.6 Å². The van der Waals surface area contributed by atoms with Crippen molar-refractivity contribution in [1.29, 1.82) is 0 Å². The number of hydrogen-bond acceptors (Lipinski definition) is 8. The van der Waals surface area contributed by atoms with Gasteiger partial charge in [-0.2, -0.15) is 15.0 Å². The maximum atomic E-state index is 8.70. The van der Waals surface area contributed by atoms with E-state index >= 15 is 0 Å². The van der Waals surface area contributed by atoms with Crippen LogP contribution in [-0.2, 0) is 0 Å². The number of aliphatic hydroxyl groups excluding tert-OH is 2. The van der Waals surface area contributed by atoms with E-state index < -0.39 is 0 Å². The van der Waals surface area contributed by atoms with Crippen molar-refractivity contribution >= 4 is 17.8 Å². The number of hydrogen-bond donors (Lipinski definition) is 5. The summed E-state index contributed by atoms with van der Waals surface area (Å²) in [4.78, 5) is 12.3. The zero-order valence-corrected chi connectivity index (χ0v) is 12.4. The Morgan fingerprint density at radius 2 is 1.19 bits per heavy atom. The Morgan fingerprint density at radius 3 is 1.62 bits per heavy atom. The number of nitrogens with two attached hydrogens (primary N) is 1. The quantitative estimate of drug-likeness (QED) is 0.355. The molecule has 0 aliphatic rings. The van der Waals surface area contributed by atoms with Gasteiger partial charge in [0.2, 0.25) is 17.8 Å². The van der Waals surface area contributed by atoms with Gasteiger partial charge in [0, 0.05) is 26.3 Å². The number of aliphatic hydroxyl groups is 2. The van der Waals surface area contributed by atoms with Gasteiger partial charge in [-0.15, -0.1) is 0 Å². The van der Waals surface area contributed by atoms with Crippen LogP contribution >= 0.6 is 0 Å². The van der Waals surface area contributed by atoms with Gasteiger partial charge in [-0.1, -0.05) is 0 Å². The standard InChI is InChI=1S/C13H26N6O2/c14-11-17-12(15-7-3-1-5-9-20)19-13(18-11)16-8-4-2-6-10-21/h20-21H,1-10H2,(H4,14,15,16,17,18,19). The first-order valence-electron chi connectivity index (χ1n) is 7.47. The lowest BCUT2D eigenvalue weighted by molar-refractivity contribution is 0.283. The van der Waals surface area contributed by atoms with Crippen molar-refractivity contribution in [2.75, 3.05) is 42.7 Å². The van der Waals surface area contributed by atoms with E-state index in [4.69, 9.17) is 15.9 Å². The van der Waals surface area contributed by atoms with Crippen molar-refractivity contribution in [3.8, 4) is 0 Å². The van der Waals surface area contributed by atoms with Crippen LogP contribution in [0.4, 0.5) is 17.8 Å². The second-order valence-corrected chi connectivity index (χ2v) is 4.76. The largest absolute Gasteiger partial charge is 0.396 e. The van der Waals surface area contributed by atoms with Gasteiger partial charge in [0.25, 0.3) is 0 Å². The second kappa shape index (κ2) is 11.0. The average molecular weight is 298 g/mol. The summed E-state index contributed by atoms with van der Waals surface area (Å²) < 4.78 is 0. The highest BCUT2D eigenvalue weighted by atomic mass is 16.3. The minimum atomic E-state index is 0.181. The molecular weight excluding hydrogens is 272 g/mol. The second-order valence-electron chi connectivity index (χ2n) is 4.76. The molecule has 8 nitrogen and oxygen atoms in total. The van der Waals surface area contributed by atoms with Crippen molar-refractivity contribution in [3.63, 3.8) is 0 Å². The summed E-state index contributed by atoms with van der Waals surface area (Å²) in [5, 5.41) is 23.6. The fourth-order valence-corrected chi connectivity index (χ4v) is 1.78. The van der Waals surface area contributed by atoms with Crippen LogP contribution in [0.25, 0.3) is 0 Å². The Balaban J connectivity index is 2.32. The summed E-state index contributed by atoms with van der Waals surface area (Å²) in [5.41, 5.74) is 5.65. The predicted octanol–water partition coefficient (Wildman–Crippen LogP) is 0.603. The van der Waals surface area contributed by atoms with E-state index in [-0.39, 0.29) is 19.2 Å². The predicted molar refractivity (Wildman–Crippen MR) is 83.1 cm³/mol. The molecule has 0 atom stereocenters. The third-order valence-electron chi connectivity index (χ3n) is 2.89. The highest BCUT2D eigenvalue weighted by Crippen LogP contribution is 2.07. The van der Waals surface area contributed by atoms with Crippen LogP contribution in [0.1, 0.15) is 38.5 Å². The zero-order chi connectivity index (χ0) is 15.3. The Morgan fingerprint density at radius 1 is 0.714 bits per heavy atom. The number of rotatable bonds is 12. The van der Waals surface area contributed by atoms with E-state index in [2.05, 4.69) is 25.6 Å². The Hall–Kier alpha value is -1.67. The molecule has 6 N–H and O–H groups in total. The van der Waals surface area contributed by atoms with Crippen molar-refractivity contribution in [2.45, 2.75) is 38.5 Å². The Labute approximate surface area is 125 Å². The number of nitrogens with one attached hydrogen (secondary N) is 2. The molecule has 0 fully saturated rings. The maximum absolute atomic E-state index is 8.70. The minimum Gasteiger partial charge on any atom is -0.396 e. The Kier molecular flexibility index (Phi) is 9.14. The summed E-state index contributed by atoms with van der Waals surface area (Å²) in [6.45, 7) is 1.92. The van der Waals surface area contributed by atoms with Gasteiger partial charge < -0.3 is 26.6 Å². The molecule has 0 saturated carbocycles. The maximum Gasteiger partial charge on any atom is 0.229 e. The minimum absolute atomic E-state index is 0.181. The van der Waals surface area contributed by atoms with Gasteiger partial charge >= 0.3 is 0 Å². The fourth-order valence-electron chi connectivity index (χ4n) is 1.78. The number of aromatic nitrogens is 3. The van der Waals surface area contributed by atoms with Crippen molar-refractivity contribution in [3.05, 3.63) is 0 Å². The van der Waals surface area contributed by atoms with Crippen LogP contribution in [0, 0.1) is 0 Å². The molecule has 8 heteroatoms. The van der Waals surface area contributed by atoms with Gasteiger partial charge in [-0.3, -0.25) is 0 Å². The van der Waals surface area contributed by atoms with Crippen molar-refractivity contribution < 1.29 is 10.2 Å². The van der Waals surface area contributed by atoms with Gasteiger partial charge in [-0.25, -0.2) is 0 Å². The first-order valence-corrected chi connectivity index (χ1v) is 7.47. The highest BCUT2D eigenvalue weighted by molar-refractivity contribution is 5.39.